The second kappa shape index (κ2) is 4.89. The minimum absolute atomic E-state index is 0.400. The third kappa shape index (κ3) is 2.39. The molecule has 0 aliphatic heterocycles. The summed E-state index contributed by atoms with van der Waals surface area (Å²) in [4.78, 5) is 0. The van der Waals surface area contributed by atoms with Crippen molar-refractivity contribution < 1.29 is 5.11 Å². The van der Waals surface area contributed by atoms with E-state index in [4.69, 9.17) is 0 Å². The molecule has 0 aliphatic rings. The van der Waals surface area contributed by atoms with Gasteiger partial charge in [0.15, 0.2) is 0 Å². The van der Waals surface area contributed by atoms with Crippen LogP contribution in [0.2, 0.25) is 0 Å². The molecule has 0 bridgehead atoms. The molecule has 0 amide bonds. The first-order valence-corrected chi connectivity index (χ1v) is 6.13. The van der Waals surface area contributed by atoms with Crippen LogP contribution in [0, 0.1) is 6.92 Å². The van der Waals surface area contributed by atoms with E-state index in [9.17, 15) is 5.11 Å². The van der Waals surface area contributed by atoms with Crippen LogP contribution in [-0.4, -0.2) is 10.9 Å². The average Bonchev–Trinajstić information content (AvgIpc) is 2.28. The molecule has 0 saturated carbocycles. The molecule has 2 heteroatoms. The molecule has 2 aromatic rings. The highest BCUT2D eigenvalue weighted by atomic mass is 32.1. The smallest absolute Gasteiger partial charge is 0.0798 e. The van der Waals surface area contributed by atoms with Crippen molar-refractivity contribution in [3.63, 3.8) is 0 Å². The number of fused-ring (bicyclic) bond motifs is 1. The average molecular weight is 232 g/mol. The van der Waals surface area contributed by atoms with E-state index in [1.807, 2.05) is 6.07 Å². The van der Waals surface area contributed by atoms with Crippen LogP contribution in [0.4, 0.5) is 0 Å². The van der Waals surface area contributed by atoms with Crippen LogP contribution in [0.1, 0.15) is 23.7 Å². The molecule has 0 spiro atoms. The number of hydrogen-bond donors (Lipinski definition) is 2. The second-order valence-corrected chi connectivity index (χ2v) is 4.59. The molecular weight excluding hydrogens is 216 g/mol. The van der Waals surface area contributed by atoms with Crippen molar-refractivity contribution in [2.24, 2.45) is 0 Å². The lowest BCUT2D eigenvalue weighted by Crippen LogP contribution is -1.97. The van der Waals surface area contributed by atoms with Gasteiger partial charge in [0, 0.05) is 0 Å². The van der Waals surface area contributed by atoms with E-state index in [0.717, 1.165) is 5.56 Å². The van der Waals surface area contributed by atoms with E-state index in [1.165, 1.54) is 16.3 Å². The van der Waals surface area contributed by atoms with Gasteiger partial charge in [0.05, 0.1) is 6.10 Å². The molecule has 2 rings (SSSR count). The molecule has 1 atom stereocenters. The summed E-state index contributed by atoms with van der Waals surface area (Å²) in [5.74, 6) is 0.701. The lowest BCUT2D eigenvalue weighted by molar-refractivity contribution is 0.175. The van der Waals surface area contributed by atoms with E-state index in [1.54, 1.807) is 0 Å². The molecule has 0 fully saturated rings. The van der Waals surface area contributed by atoms with Gasteiger partial charge < -0.3 is 5.11 Å². The Bertz CT molecular complexity index is 493. The van der Waals surface area contributed by atoms with Gasteiger partial charge in [0.2, 0.25) is 0 Å². The lowest BCUT2D eigenvalue weighted by Gasteiger charge is -2.10. The van der Waals surface area contributed by atoms with Crippen molar-refractivity contribution >= 4 is 23.4 Å². The van der Waals surface area contributed by atoms with Gasteiger partial charge in [-0.15, -0.1) is 0 Å². The first-order valence-electron chi connectivity index (χ1n) is 5.50. The van der Waals surface area contributed by atoms with Crippen LogP contribution in [0.3, 0.4) is 0 Å². The van der Waals surface area contributed by atoms with Gasteiger partial charge in [-0.3, -0.25) is 0 Å². The first kappa shape index (κ1) is 11.5. The maximum Gasteiger partial charge on any atom is 0.0798 e. The Kier molecular flexibility index (Phi) is 3.52. The van der Waals surface area contributed by atoms with E-state index in [2.05, 4.69) is 49.9 Å². The Hall–Kier alpha value is -0.990. The van der Waals surface area contributed by atoms with Crippen molar-refractivity contribution in [1.82, 2.24) is 0 Å². The van der Waals surface area contributed by atoms with Gasteiger partial charge in [0.1, 0.15) is 0 Å². The standard InChI is InChI=1S/C14H16OS/c1-10-2-3-12-9-13(14(15)6-7-16)5-4-11(12)8-10/h2-5,8-9,14-16H,6-7H2,1H3. The fraction of sp³-hybridized carbons (Fsp3) is 0.286. The number of thiol groups is 1. The van der Waals surface area contributed by atoms with Crippen molar-refractivity contribution in [3.8, 4) is 0 Å². The van der Waals surface area contributed by atoms with Gasteiger partial charge in [-0.05, 0) is 41.5 Å². The van der Waals surface area contributed by atoms with E-state index in [-0.39, 0.29) is 0 Å². The van der Waals surface area contributed by atoms with Gasteiger partial charge >= 0.3 is 0 Å². The van der Waals surface area contributed by atoms with Crippen LogP contribution >= 0.6 is 12.6 Å². The largest absolute Gasteiger partial charge is 0.388 e. The summed E-state index contributed by atoms with van der Waals surface area (Å²) in [7, 11) is 0. The monoisotopic (exact) mass is 232 g/mol. The zero-order valence-electron chi connectivity index (χ0n) is 9.35. The summed E-state index contributed by atoms with van der Waals surface area (Å²) in [5.41, 5.74) is 2.24. The Labute approximate surface area is 102 Å². The number of aliphatic hydroxyl groups is 1. The molecule has 84 valence electrons. The maximum atomic E-state index is 9.89. The molecule has 0 heterocycles. The highest BCUT2D eigenvalue weighted by molar-refractivity contribution is 7.80. The number of hydrogen-bond acceptors (Lipinski definition) is 2. The molecule has 2 aromatic carbocycles. The van der Waals surface area contributed by atoms with E-state index < -0.39 is 6.10 Å². The normalized spacial score (nSPS) is 12.9. The van der Waals surface area contributed by atoms with Crippen LogP contribution in [-0.2, 0) is 0 Å². The molecule has 16 heavy (non-hydrogen) atoms. The van der Waals surface area contributed by atoms with Crippen LogP contribution in [0.5, 0.6) is 0 Å². The number of aliphatic hydroxyl groups excluding tert-OH is 1. The summed E-state index contributed by atoms with van der Waals surface area (Å²) in [6.07, 6.45) is 0.295. The Balaban J connectivity index is 2.40. The van der Waals surface area contributed by atoms with Gasteiger partial charge in [-0.1, -0.05) is 35.9 Å². The molecule has 1 nitrogen and oxygen atoms in total. The summed E-state index contributed by atoms with van der Waals surface area (Å²) in [5, 5.41) is 12.3. The third-order valence-corrected chi connectivity index (χ3v) is 3.07. The third-order valence-electron chi connectivity index (χ3n) is 2.81. The highest BCUT2D eigenvalue weighted by Crippen LogP contribution is 2.23. The Morgan fingerprint density at radius 1 is 1.12 bits per heavy atom. The number of benzene rings is 2. The van der Waals surface area contributed by atoms with Gasteiger partial charge in [-0.2, -0.15) is 12.6 Å². The summed E-state index contributed by atoms with van der Waals surface area (Å²) < 4.78 is 0. The van der Waals surface area contributed by atoms with Crippen molar-refractivity contribution in [3.05, 3.63) is 47.5 Å². The predicted molar refractivity (Wildman–Crippen MR) is 72.1 cm³/mol. The summed E-state index contributed by atoms with van der Waals surface area (Å²) in [6, 6.07) is 12.5. The van der Waals surface area contributed by atoms with Gasteiger partial charge in [-0.25, -0.2) is 0 Å². The van der Waals surface area contributed by atoms with E-state index in [0.29, 0.717) is 12.2 Å². The van der Waals surface area contributed by atoms with Gasteiger partial charge in [0.25, 0.3) is 0 Å². The zero-order valence-corrected chi connectivity index (χ0v) is 10.2. The minimum Gasteiger partial charge on any atom is -0.388 e. The Morgan fingerprint density at radius 3 is 2.56 bits per heavy atom. The molecule has 1 unspecified atom stereocenters. The topological polar surface area (TPSA) is 20.2 Å². The second-order valence-electron chi connectivity index (χ2n) is 4.14. The predicted octanol–water partition coefficient (Wildman–Crippen LogP) is 3.50. The fourth-order valence-corrected chi connectivity index (χ4v) is 2.12. The SMILES string of the molecule is Cc1ccc2cc(C(O)CCS)ccc2c1. The molecule has 0 aliphatic carbocycles. The molecule has 0 radical (unpaired) electrons. The lowest BCUT2D eigenvalue weighted by atomic mass is 10.0. The molecule has 0 saturated heterocycles. The van der Waals surface area contributed by atoms with Crippen LogP contribution in [0.25, 0.3) is 10.8 Å². The molecule has 1 N–H and O–H groups in total. The van der Waals surface area contributed by atoms with Crippen LogP contribution in [0.15, 0.2) is 36.4 Å². The highest BCUT2D eigenvalue weighted by Gasteiger charge is 2.06. The van der Waals surface area contributed by atoms with Crippen molar-refractivity contribution in [2.75, 3.05) is 5.75 Å². The Morgan fingerprint density at radius 2 is 1.81 bits per heavy atom. The molecule has 0 aromatic heterocycles. The summed E-state index contributed by atoms with van der Waals surface area (Å²) >= 11 is 4.14. The number of rotatable bonds is 3. The fourth-order valence-electron chi connectivity index (χ4n) is 1.88. The summed E-state index contributed by atoms with van der Waals surface area (Å²) in [6.45, 7) is 2.09. The first-order chi connectivity index (χ1) is 7.70. The van der Waals surface area contributed by atoms with Crippen molar-refractivity contribution in [1.29, 1.82) is 0 Å². The maximum absolute atomic E-state index is 9.89. The quantitative estimate of drug-likeness (QED) is 0.776. The zero-order chi connectivity index (χ0) is 11.5. The number of aryl methyl sites for hydroxylation is 1. The van der Waals surface area contributed by atoms with E-state index >= 15 is 0 Å². The van der Waals surface area contributed by atoms with Crippen LogP contribution < -0.4 is 0 Å². The van der Waals surface area contributed by atoms with Crippen molar-refractivity contribution in [2.45, 2.75) is 19.4 Å². The minimum atomic E-state index is -0.400. The molecular formula is C14H16OS.